The predicted octanol–water partition coefficient (Wildman–Crippen LogP) is 21.1. The van der Waals surface area contributed by atoms with Crippen molar-refractivity contribution in [2.45, 2.75) is 354 Å². The van der Waals surface area contributed by atoms with Crippen LogP contribution in [0.15, 0.2) is 24.3 Å². The Labute approximate surface area is 436 Å². The van der Waals surface area contributed by atoms with E-state index in [-0.39, 0.29) is 31.1 Å². The number of ether oxygens (including phenoxy) is 3. The van der Waals surface area contributed by atoms with Crippen LogP contribution in [-0.2, 0) is 28.6 Å². The number of rotatable bonds is 58. The summed E-state index contributed by atoms with van der Waals surface area (Å²) in [6.45, 7) is 6.67. The summed E-state index contributed by atoms with van der Waals surface area (Å²) in [5.74, 6) is -0.861. The average molecular weight is 986 g/mol. The van der Waals surface area contributed by atoms with Gasteiger partial charge in [0, 0.05) is 19.3 Å². The third-order valence-corrected chi connectivity index (χ3v) is 14.2. The van der Waals surface area contributed by atoms with E-state index in [0.717, 1.165) is 77.0 Å². The molecule has 0 saturated heterocycles. The van der Waals surface area contributed by atoms with Crippen molar-refractivity contribution in [3.8, 4) is 0 Å². The second kappa shape index (κ2) is 59.5. The first kappa shape index (κ1) is 67.9. The van der Waals surface area contributed by atoms with Crippen molar-refractivity contribution >= 4 is 17.9 Å². The molecule has 0 amide bonds. The number of allylic oxidation sites excluding steroid dienone is 4. The van der Waals surface area contributed by atoms with E-state index < -0.39 is 6.10 Å². The molecule has 412 valence electrons. The van der Waals surface area contributed by atoms with Crippen molar-refractivity contribution in [3.63, 3.8) is 0 Å². The molecule has 6 heteroatoms. The highest BCUT2D eigenvalue weighted by atomic mass is 16.6. The number of carbonyl (C=O) groups excluding carboxylic acids is 3. The van der Waals surface area contributed by atoms with Crippen LogP contribution >= 0.6 is 0 Å². The molecule has 0 saturated carbocycles. The zero-order valence-electron chi connectivity index (χ0n) is 47.3. The standard InChI is InChI=1S/C64H120O6/c1-4-7-10-13-16-19-22-25-27-29-30-31-32-33-34-35-36-38-39-42-45-48-51-54-57-63(66)69-60-61(59-68-62(65)56-53-50-47-44-41-24-21-18-15-12-9-6-3)70-64(67)58-55-52-49-46-43-40-37-28-26-23-20-17-14-11-8-5-2/h20,23,28,37,61H,4-19,21-22,24-27,29-36,38-60H2,1-3H3/b23-20-,37-28-. The first-order chi connectivity index (χ1) is 34.5. The van der Waals surface area contributed by atoms with E-state index in [1.807, 2.05) is 0 Å². The van der Waals surface area contributed by atoms with Gasteiger partial charge < -0.3 is 14.2 Å². The first-order valence-corrected chi connectivity index (χ1v) is 31.3. The number of carbonyl (C=O) groups is 3. The molecule has 1 unspecified atom stereocenters. The zero-order valence-corrected chi connectivity index (χ0v) is 47.3. The SMILES string of the molecule is CCCCCC/C=C\C/C=C\CCCCCCCC(=O)OC(COC(=O)CCCCCCCCCCCCCC)COC(=O)CCCCCCCCCCCCCCCCCCCCCCCCCC. The van der Waals surface area contributed by atoms with Crippen LogP contribution in [0.2, 0.25) is 0 Å². The summed E-state index contributed by atoms with van der Waals surface area (Å²) in [6.07, 6.45) is 70.4. The van der Waals surface area contributed by atoms with E-state index in [4.69, 9.17) is 14.2 Å². The zero-order chi connectivity index (χ0) is 50.7. The Bertz CT molecular complexity index is 1130. The van der Waals surface area contributed by atoms with Crippen LogP contribution in [0.5, 0.6) is 0 Å². The van der Waals surface area contributed by atoms with Gasteiger partial charge in [0.25, 0.3) is 0 Å². The predicted molar refractivity (Wildman–Crippen MR) is 303 cm³/mol. The van der Waals surface area contributed by atoms with Crippen LogP contribution in [0.25, 0.3) is 0 Å². The van der Waals surface area contributed by atoms with Crippen LogP contribution in [0, 0.1) is 0 Å². The second-order valence-corrected chi connectivity index (χ2v) is 21.3. The molecular formula is C64H120O6. The van der Waals surface area contributed by atoms with E-state index in [9.17, 15) is 14.4 Å². The third kappa shape index (κ3) is 56.8. The lowest BCUT2D eigenvalue weighted by molar-refractivity contribution is -0.167. The van der Waals surface area contributed by atoms with Gasteiger partial charge in [-0.2, -0.15) is 0 Å². The maximum Gasteiger partial charge on any atom is 0.306 e. The van der Waals surface area contributed by atoms with Gasteiger partial charge in [-0.3, -0.25) is 14.4 Å². The van der Waals surface area contributed by atoms with E-state index in [1.54, 1.807) is 0 Å². The van der Waals surface area contributed by atoms with Gasteiger partial charge in [-0.25, -0.2) is 0 Å². The molecule has 0 aliphatic rings. The van der Waals surface area contributed by atoms with Crippen molar-refractivity contribution in [3.05, 3.63) is 24.3 Å². The molecule has 0 rings (SSSR count). The lowest BCUT2D eigenvalue weighted by Crippen LogP contribution is -2.30. The van der Waals surface area contributed by atoms with Gasteiger partial charge in [0.2, 0.25) is 0 Å². The van der Waals surface area contributed by atoms with Gasteiger partial charge in [0.1, 0.15) is 13.2 Å². The van der Waals surface area contributed by atoms with Gasteiger partial charge in [-0.05, 0) is 51.4 Å². The minimum atomic E-state index is -0.774. The fraction of sp³-hybridized carbons (Fsp3) is 0.891. The maximum absolute atomic E-state index is 12.9. The Kier molecular flexibility index (Phi) is 57.7. The van der Waals surface area contributed by atoms with Crippen molar-refractivity contribution in [1.29, 1.82) is 0 Å². The Balaban J connectivity index is 4.22. The number of esters is 3. The number of unbranched alkanes of at least 4 members (excludes halogenated alkanes) is 43. The van der Waals surface area contributed by atoms with Crippen LogP contribution in [0.3, 0.4) is 0 Å². The normalized spacial score (nSPS) is 12.1. The minimum absolute atomic E-state index is 0.0713. The van der Waals surface area contributed by atoms with Crippen LogP contribution < -0.4 is 0 Å². The summed E-state index contributed by atoms with van der Waals surface area (Å²) in [5, 5.41) is 0. The van der Waals surface area contributed by atoms with Crippen LogP contribution in [0.4, 0.5) is 0 Å². The van der Waals surface area contributed by atoms with Gasteiger partial charge in [0.05, 0.1) is 0 Å². The summed E-state index contributed by atoms with van der Waals surface area (Å²) in [4.78, 5) is 38.2. The lowest BCUT2D eigenvalue weighted by Gasteiger charge is -2.18. The Morgan fingerprint density at radius 3 is 0.800 bits per heavy atom. The monoisotopic (exact) mass is 985 g/mol. The first-order valence-electron chi connectivity index (χ1n) is 31.3. The molecule has 1 atom stereocenters. The molecule has 0 bridgehead atoms. The minimum Gasteiger partial charge on any atom is -0.462 e. The van der Waals surface area contributed by atoms with Crippen LogP contribution in [-0.4, -0.2) is 37.2 Å². The van der Waals surface area contributed by atoms with E-state index in [2.05, 4.69) is 45.1 Å². The van der Waals surface area contributed by atoms with E-state index >= 15 is 0 Å². The average Bonchev–Trinajstić information content (AvgIpc) is 3.36. The van der Waals surface area contributed by atoms with E-state index in [0.29, 0.717) is 19.3 Å². The van der Waals surface area contributed by atoms with Gasteiger partial charge in [-0.15, -0.1) is 0 Å². The van der Waals surface area contributed by atoms with Gasteiger partial charge in [-0.1, -0.05) is 302 Å². The summed E-state index contributed by atoms with van der Waals surface area (Å²) < 4.78 is 16.9. The van der Waals surface area contributed by atoms with Crippen molar-refractivity contribution in [1.82, 2.24) is 0 Å². The molecule has 70 heavy (non-hydrogen) atoms. The number of hydrogen-bond donors (Lipinski definition) is 0. The molecule has 0 fully saturated rings. The fourth-order valence-electron chi connectivity index (χ4n) is 9.48. The second-order valence-electron chi connectivity index (χ2n) is 21.3. The highest BCUT2D eigenvalue weighted by molar-refractivity contribution is 5.71. The molecule has 0 spiro atoms. The quantitative estimate of drug-likeness (QED) is 0.0261. The Hall–Kier alpha value is -2.11. The summed E-state index contributed by atoms with van der Waals surface area (Å²) >= 11 is 0. The highest BCUT2D eigenvalue weighted by Crippen LogP contribution is 2.18. The fourth-order valence-corrected chi connectivity index (χ4v) is 9.48. The molecule has 0 aliphatic carbocycles. The topological polar surface area (TPSA) is 78.9 Å². The Morgan fingerprint density at radius 1 is 0.286 bits per heavy atom. The molecule has 0 aromatic heterocycles. The third-order valence-electron chi connectivity index (χ3n) is 14.2. The summed E-state index contributed by atoms with van der Waals surface area (Å²) in [6, 6.07) is 0. The molecule has 0 radical (unpaired) electrons. The van der Waals surface area contributed by atoms with Crippen molar-refractivity contribution in [2.24, 2.45) is 0 Å². The van der Waals surface area contributed by atoms with E-state index in [1.165, 1.54) is 231 Å². The molecule has 0 aromatic rings. The smallest absolute Gasteiger partial charge is 0.306 e. The molecule has 0 N–H and O–H groups in total. The van der Waals surface area contributed by atoms with Crippen molar-refractivity contribution in [2.75, 3.05) is 13.2 Å². The lowest BCUT2D eigenvalue weighted by atomic mass is 10.0. The molecule has 6 nitrogen and oxygen atoms in total. The molecular weight excluding hydrogens is 865 g/mol. The van der Waals surface area contributed by atoms with Crippen molar-refractivity contribution < 1.29 is 28.6 Å². The maximum atomic E-state index is 12.9. The molecule has 0 aliphatic heterocycles. The highest BCUT2D eigenvalue weighted by Gasteiger charge is 2.19. The molecule has 0 aromatic carbocycles. The Morgan fingerprint density at radius 2 is 0.514 bits per heavy atom. The van der Waals surface area contributed by atoms with Crippen LogP contribution in [0.1, 0.15) is 348 Å². The van der Waals surface area contributed by atoms with Gasteiger partial charge in [0.15, 0.2) is 6.10 Å². The molecule has 0 heterocycles. The summed E-state index contributed by atoms with van der Waals surface area (Å²) in [5.41, 5.74) is 0. The largest absolute Gasteiger partial charge is 0.462 e. The number of hydrogen-bond acceptors (Lipinski definition) is 6. The summed E-state index contributed by atoms with van der Waals surface area (Å²) in [7, 11) is 0. The van der Waals surface area contributed by atoms with Gasteiger partial charge >= 0.3 is 17.9 Å².